The number of benzene rings is 1. The molecule has 0 saturated heterocycles. The lowest BCUT2D eigenvalue weighted by Crippen LogP contribution is -2.28. The van der Waals surface area contributed by atoms with Crippen molar-refractivity contribution in [3.63, 3.8) is 0 Å². The van der Waals surface area contributed by atoms with E-state index in [1.165, 1.54) is 35.2 Å². The number of nitrogens with one attached hydrogen (secondary N) is 1. The summed E-state index contributed by atoms with van der Waals surface area (Å²) in [7, 11) is 0. The van der Waals surface area contributed by atoms with Crippen LogP contribution in [0.3, 0.4) is 0 Å². The number of hydrogen-bond donors (Lipinski definition) is 2. The van der Waals surface area contributed by atoms with Crippen molar-refractivity contribution in [3.05, 3.63) is 74.8 Å². The van der Waals surface area contributed by atoms with E-state index in [4.69, 9.17) is 10.5 Å². The molecule has 0 spiro atoms. The lowest BCUT2D eigenvalue weighted by molar-refractivity contribution is 0.299. The van der Waals surface area contributed by atoms with E-state index in [0.717, 1.165) is 49.7 Å². The van der Waals surface area contributed by atoms with Gasteiger partial charge < -0.3 is 15.0 Å². The Balaban J connectivity index is 1.45. The molecule has 0 aliphatic heterocycles. The lowest BCUT2D eigenvalue weighted by atomic mass is 10.1. The third-order valence-corrected chi connectivity index (χ3v) is 5.37. The van der Waals surface area contributed by atoms with Crippen molar-refractivity contribution in [1.82, 2.24) is 14.6 Å². The van der Waals surface area contributed by atoms with Gasteiger partial charge in [0.2, 0.25) is 0 Å². The van der Waals surface area contributed by atoms with Crippen molar-refractivity contribution < 1.29 is 4.74 Å². The molecule has 166 valence electrons. The summed E-state index contributed by atoms with van der Waals surface area (Å²) < 4.78 is 7.36. The molecule has 1 heterocycles. The smallest absolute Gasteiger partial charge is 0.328 e. The zero-order valence-electron chi connectivity index (χ0n) is 17.8. The fraction of sp³-hybridized carbons (Fsp3) is 0.435. The van der Waals surface area contributed by atoms with E-state index in [9.17, 15) is 9.59 Å². The number of ether oxygens (including phenoxy) is 1. The molecular formula is C23H31N5O3. The number of aryl methyl sites for hydroxylation is 1. The molecule has 0 unspecified atom stereocenters. The molecular weight excluding hydrogens is 394 g/mol. The van der Waals surface area contributed by atoms with Crippen molar-refractivity contribution in [2.45, 2.75) is 45.1 Å². The first-order valence-corrected chi connectivity index (χ1v) is 10.8. The molecule has 0 atom stereocenters. The van der Waals surface area contributed by atoms with E-state index in [-0.39, 0.29) is 11.2 Å². The molecule has 31 heavy (non-hydrogen) atoms. The van der Waals surface area contributed by atoms with Crippen molar-refractivity contribution in [2.75, 3.05) is 13.2 Å². The summed E-state index contributed by atoms with van der Waals surface area (Å²) >= 11 is 0. The fourth-order valence-corrected chi connectivity index (χ4v) is 3.34. The fourth-order valence-electron chi connectivity index (χ4n) is 3.34. The Morgan fingerprint density at radius 3 is 2.87 bits per heavy atom. The molecule has 8 nitrogen and oxygen atoms in total. The van der Waals surface area contributed by atoms with Crippen LogP contribution >= 0.6 is 0 Å². The minimum atomic E-state index is -0.389. The van der Waals surface area contributed by atoms with Gasteiger partial charge in [-0.3, -0.25) is 14.8 Å². The summed E-state index contributed by atoms with van der Waals surface area (Å²) in [5.41, 5.74) is 7.14. The number of unbranched alkanes of at least 4 members (excludes halogenated alkanes) is 1. The van der Waals surface area contributed by atoms with E-state index in [1.54, 1.807) is 6.20 Å². The highest BCUT2D eigenvalue weighted by Gasteiger charge is 2.21. The van der Waals surface area contributed by atoms with Gasteiger partial charge in [-0.15, -0.1) is 0 Å². The van der Waals surface area contributed by atoms with Crippen LogP contribution in [0.15, 0.2) is 63.1 Å². The van der Waals surface area contributed by atoms with Crippen LogP contribution in [-0.4, -0.2) is 34.4 Å². The van der Waals surface area contributed by atoms with E-state index in [0.29, 0.717) is 13.1 Å². The highest BCUT2D eigenvalue weighted by atomic mass is 16.5. The molecule has 2 aromatic rings. The number of aromatic nitrogens is 2. The van der Waals surface area contributed by atoms with Crippen LogP contribution in [-0.2, 0) is 13.0 Å². The van der Waals surface area contributed by atoms with Gasteiger partial charge in [0.25, 0.3) is 5.56 Å². The summed E-state index contributed by atoms with van der Waals surface area (Å²) in [5.74, 6) is 1.64. The third kappa shape index (κ3) is 7.16. The molecule has 0 bridgehead atoms. The van der Waals surface area contributed by atoms with Gasteiger partial charge in [0.15, 0.2) is 0 Å². The molecule has 1 fully saturated rings. The Kier molecular flexibility index (Phi) is 8.09. The summed E-state index contributed by atoms with van der Waals surface area (Å²) in [6.07, 6.45) is 8.74. The molecule has 3 rings (SSSR count). The molecule has 0 amide bonds. The Morgan fingerprint density at radius 2 is 2.16 bits per heavy atom. The third-order valence-electron chi connectivity index (χ3n) is 5.37. The summed E-state index contributed by atoms with van der Waals surface area (Å²) in [6.45, 7) is 5.68. The maximum Gasteiger partial charge on any atom is 0.328 e. The van der Waals surface area contributed by atoms with Crippen LogP contribution in [0.4, 0.5) is 0 Å². The van der Waals surface area contributed by atoms with Crippen LogP contribution in [0.5, 0.6) is 5.75 Å². The first-order valence-electron chi connectivity index (χ1n) is 10.8. The minimum absolute atomic E-state index is 0.387. The highest BCUT2D eigenvalue weighted by Crippen LogP contribution is 2.29. The van der Waals surface area contributed by atoms with Crippen LogP contribution in [0.25, 0.3) is 0 Å². The topological polar surface area (TPSA) is 106 Å². The molecule has 3 N–H and O–H groups in total. The van der Waals surface area contributed by atoms with Crippen LogP contribution in [0.2, 0.25) is 0 Å². The van der Waals surface area contributed by atoms with Crippen molar-refractivity contribution in [3.8, 4) is 5.75 Å². The number of nitrogens with two attached hydrogens (primary N) is 1. The van der Waals surface area contributed by atoms with Crippen LogP contribution in [0.1, 0.15) is 37.7 Å². The van der Waals surface area contributed by atoms with Crippen molar-refractivity contribution in [1.29, 1.82) is 0 Å². The van der Waals surface area contributed by atoms with Crippen LogP contribution < -0.4 is 21.7 Å². The van der Waals surface area contributed by atoms with Gasteiger partial charge in [0.05, 0.1) is 12.3 Å². The molecule has 1 aliphatic rings. The second-order valence-corrected chi connectivity index (χ2v) is 7.83. The van der Waals surface area contributed by atoms with Gasteiger partial charge in [-0.2, -0.15) is 5.10 Å². The average molecular weight is 426 g/mol. The molecule has 1 aromatic heterocycles. The minimum Gasteiger partial charge on any atom is -0.493 e. The van der Waals surface area contributed by atoms with Gasteiger partial charge in [-0.25, -0.2) is 4.79 Å². The van der Waals surface area contributed by atoms with Gasteiger partial charge in [-0.1, -0.05) is 12.1 Å². The molecule has 0 radical (unpaired) electrons. The van der Waals surface area contributed by atoms with E-state index < -0.39 is 0 Å². The van der Waals surface area contributed by atoms with Gasteiger partial charge in [0.1, 0.15) is 5.75 Å². The predicted molar refractivity (Wildman–Crippen MR) is 122 cm³/mol. The van der Waals surface area contributed by atoms with E-state index >= 15 is 0 Å². The van der Waals surface area contributed by atoms with Gasteiger partial charge in [-0.05, 0) is 62.1 Å². The first-order chi connectivity index (χ1) is 15.1. The number of allylic oxidation sites excluding steroid dienone is 1. The molecule has 1 aromatic carbocycles. The highest BCUT2D eigenvalue weighted by molar-refractivity contribution is 5.29. The summed E-state index contributed by atoms with van der Waals surface area (Å²) in [6, 6.07) is 9.52. The van der Waals surface area contributed by atoms with Crippen molar-refractivity contribution >= 4 is 6.72 Å². The Bertz CT molecular complexity index is 1010. The Morgan fingerprint density at radius 1 is 1.32 bits per heavy atom. The maximum absolute atomic E-state index is 11.7. The summed E-state index contributed by atoms with van der Waals surface area (Å²) in [4.78, 5) is 25.1. The monoisotopic (exact) mass is 425 g/mol. The Labute approximate surface area is 182 Å². The Hall–Kier alpha value is -3.29. The number of rotatable bonds is 13. The number of aromatic amines is 1. The lowest BCUT2D eigenvalue weighted by Gasteiger charge is -2.22. The number of hydrazone groups is 1. The molecule has 8 heteroatoms. The van der Waals surface area contributed by atoms with Gasteiger partial charge in [0, 0.05) is 38.3 Å². The quantitative estimate of drug-likeness (QED) is 0.291. The number of H-pyrrole nitrogens is 1. The van der Waals surface area contributed by atoms with Crippen molar-refractivity contribution in [2.24, 2.45) is 16.8 Å². The van der Waals surface area contributed by atoms with Crippen LogP contribution in [0, 0.1) is 5.92 Å². The SMILES string of the molecule is C=NN(CCc1cccc(OCC2CC2)c1)/C(=C\N)CCCCn1ccc(=O)[nH]c1=O. The normalized spacial score (nSPS) is 13.7. The number of hydrogen-bond acceptors (Lipinski definition) is 6. The molecule has 1 aliphatic carbocycles. The standard InChI is InChI=1S/C23H31N5O3/c1-25-28(14-10-18-5-4-7-21(15-18)31-17-19-8-9-19)20(16-24)6-2-3-12-27-13-11-22(29)26-23(27)30/h4-5,7,11,13,15-16,19H,1-3,6,8-10,12,14,17,24H2,(H,26,29,30)/b20-16-. The largest absolute Gasteiger partial charge is 0.493 e. The molecule has 1 saturated carbocycles. The average Bonchev–Trinajstić information content (AvgIpc) is 3.60. The maximum atomic E-state index is 11.7. The summed E-state index contributed by atoms with van der Waals surface area (Å²) in [5, 5.41) is 5.96. The first kappa shape index (κ1) is 22.4. The number of nitrogens with zero attached hydrogens (tertiary/aromatic N) is 3. The zero-order valence-corrected chi connectivity index (χ0v) is 17.8. The predicted octanol–water partition coefficient (Wildman–Crippen LogP) is 2.46. The second kappa shape index (κ2) is 11.2. The second-order valence-electron chi connectivity index (χ2n) is 7.83. The van der Waals surface area contributed by atoms with E-state index in [2.05, 4.69) is 28.9 Å². The van der Waals surface area contributed by atoms with Gasteiger partial charge >= 0.3 is 5.69 Å². The zero-order chi connectivity index (χ0) is 22.1. The van der Waals surface area contributed by atoms with E-state index in [1.807, 2.05) is 17.1 Å².